The summed E-state index contributed by atoms with van der Waals surface area (Å²) < 4.78 is 7.41. The lowest BCUT2D eigenvalue weighted by Gasteiger charge is -2.17. The molecule has 1 aromatic heterocycles. The summed E-state index contributed by atoms with van der Waals surface area (Å²) in [5.41, 5.74) is 0.980. The molecule has 1 fully saturated rings. The van der Waals surface area contributed by atoms with Crippen molar-refractivity contribution in [1.82, 2.24) is 20.3 Å². The zero-order chi connectivity index (χ0) is 12.5. The second kappa shape index (κ2) is 4.74. The first-order valence-electron chi connectivity index (χ1n) is 6.23. The Morgan fingerprint density at radius 2 is 2.29 bits per heavy atom. The normalized spacial score (nSPS) is 25.4. The molecule has 0 aliphatic carbocycles. The second-order valence-corrected chi connectivity index (χ2v) is 5.68. The van der Waals surface area contributed by atoms with Gasteiger partial charge in [0.1, 0.15) is 0 Å². The van der Waals surface area contributed by atoms with Crippen LogP contribution in [0.2, 0.25) is 0 Å². The number of nitrogens with zero attached hydrogens (tertiary/aromatic N) is 3. The summed E-state index contributed by atoms with van der Waals surface area (Å²) in [4.78, 5) is 0. The van der Waals surface area contributed by atoms with E-state index >= 15 is 0 Å². The molecule has 5 nitrogen and oxygen atoms in total. The van der Waals surface area contributed by atoms with Crippen molar-refractivity contribution in [3.63, 3.8) is 0 Å². The first-order chi connectivity index (χ1) is 7.97. The zero-order valence-corrected chi connectivity index (χ0v) is 11.1. The van der Waals surface area contributed by atoms with E-state index in [0.717, 1.165) is 25.3 Å². The number of rotatable bonds is 3. The fourth-order valence-electron chi connectivity index (χ4n) is 1.94. The summed E-state index contributed by atoms with van der Waals surface area (Å²) >= 11 is 0. The smallest absolute Gasteiger partial charge is 0.0965 e. The van der Waals surface area contributed by atoms with Crippen LogP contribution in [0.15, 0.2) is 6.20 Å². The summed E-state index contributed by atoms with van der Waals surface area (Å²) in [6.07, 6.45) is 3.38. The Kier molecular flexibility index (Phi) is 3.49. The molecule has 1 N–H and O–H groups in total. The predicted molar refractivity (Wildman–Crippen MR) is 65.7 cm³/mol. The van der Waals surface area contributed by atoms with Gasteiger partial charge in [0.2, 0.25) is 0 Å². The van der Waals surface area contributed by atoms with Crippen LogP contribution in [0.25, 0.3) is 0 Å². The summed E-state index contributed by atoms with van der Waals surface area (Å²) in [6.45, 7) is 10.1. The summed E-state index contributed by atoms with van der Waals surface area (Å²) in [5, 5.41) is 11.8. The molecule has 1 saturated heterocycles. The average molecular weight is 238 g/mol. The predicted octanol–water partition coefficient (Wildman–Crippen LogP) is 1.30. The molecule has 17 heavy (non-hydrogen) atoms. The third-order valence-electron chi connectivity index (χ3n) is 3.15. The highest BCUT2D eigenvalue weighted by molar-refractivity contribution is 4.95. The molecule has 2 rings (SSSR count). The number of nitrogens with one attached hydrogen (secondary N) is 1. The Morgan fingerprint density at radius 1 is 1.53 bits per heavy atom. The molecule has 0 amide bonds. The molecule has 1 aliphatic heterocycles. The largest absolute Gasteiger partial charge is 0.377 e. The minimum atomic E-state index is -0.00495. The van der Waals surface area contributed by atoms with Crippen molar-refractivity contribution in [3.8, 4) is 0 Å². The molecule has 0 saturated carbocycles. The maximum atomic E-state index is 5.51. The van der Waals surface area contributed by atoms with Gasteiger partial charge in [0.05, 0.1) is 23.5 Å². The minimum absolute atomic E-state index is 0.00495. The van der Waals surface area contributed by atoms with Gasteiger partial charge in [-0.25, -0.2) is 4.68 Å². The van der Waals surface area contributed by atoms with Gasteiger partial charge in [-0.15, -0.1) is 5.10 Å². The Labute approximate surface area is 103 Å². The molecule has 2 atom stereocenters. The standard InChI is InChI=1S/C12H22N4O/c1-9-11(5-6-17-9)13-7-10-8-16(15-14-10)12(2,3)4/h8-9,11,13H,5-7H2,1-4H3. The molecular formula is C12H22N4O. The molecule has 0 bridgehead atoms. The molecule has 5 heteroatoms. The lowest BCUT2D eigenvalue weighted by Crippen LogP contribution is -2.34. The summed E-state index contributed by atoms with van der Waals surface area (Å²) in [6, 6.07) is 0.440. The van der Waals surface area contributed by atoms with Gasteiger partial charge >= 0.3 is 0 Å². The lowest BCUT2D eigenvalue weighted by molar-refractivity contribution is 0.113. The molecule has 1 aromatic rings. The maximum Gasteiger partial charge on any atom is 0.0965 e. The van der Waals surface area contributed by atoms with Gasteiger partial charge in [-0.1, -0.05) is 5.21 Å². The van der Waals surface area contributed by atoms with E-state index in [1.165, 1.54) is 0 Å². The van der Waals surface area contributed by atoms with Gasteiger partial charge in [-0.05, 0) is 34.1 Å². The number of hydrogen-bond acceptors (Lipinski definition) is 4. The molecule has 2 unspecified atom stereocenters. The second-order valence-electron chi connectivity index (χ2n) is 5.68. The van der Waals surface area contributed by atoms with Crippen molar-refractivity contribution in [2.75, 3.05) is 6.61 Å². The topological polar surface area (TPSA) is 52.0 Å². The number of hydrogen-bond donors (Lipinski definition) is 1. The van der Waals surface area contributed by atoms with Gasteiger partial charge in [0.25, 0.3) is 0 Å². The number of aromatic nitrogens is 3. The van der Waals surface area contributed by atoms with Crippen molar-refractivity contribution in [3.05, 3.63) is 11.9 Å². The molecule has 0 aromatic carbocycles. The van der Waals surface area contributed by atoms with E-state index in [1.54, 1.807) is 0 Å². The molecule has 1 aliphatic rings. The van der Waals surface area contributed by atoms with Crippen LogP contribution >= 0.6 is 0 Å². The van der Waals surface area contributed by atoms with Crippen molar-refractivity contribution >= 4 is 0 Å². The van der Waals surface area contributed by atoms with Crippen molar-refractivity contribution in [2.45, 2.75) is 58.3 Å². The van der Waals surface area contributed by atoms with E-state index in [2.05, 4.69) is 43.3 Å². The van der Waals surface area contributed by atoms with Gasteiger partial charge in [-0.2, -0.15) is 0 Å². The fraction of sp³-hybridized carbons (Fsp3) is 0.833. The van der Waals surface area contributed by atoms with Crippen LogP contribution in [0.1, 0.15) is 39.8 Å². The van der Waals surface area contributed by atoms with Crippen LogP contribution in [0.4, 0.5) is 0 Å². The third-order valence-corrected chi connectivity index (χ3v) is 3.15. The highest BCUT2D eigenvalue weighted by atomic mass is 16.5. The Hall–Kier alpha value is -0.940. The molecular weight excluding hydrogens is 216 g/mol. The van der Waals surface area contributed by atoms with E-state index in [-0.39, 0.29) is 5.54 Å². The lowest BCUT2D eigenvalue weighted by atomic mass is 10.1. The maximum absolute atomic E-state index is 5.51. The zero-order valence-electron chi connectivity index (χ0n) is 11.1. The highest BCUT2D eigenvalue weighted by Crippen LogP contribution is 2.14. The Balaban J connectivity index is 1.89. The molecule has 2 heterocycles. The third kappa shape index (κ3) is 3.04. The van der Waals surface area contributed by atoms with Crippen LogP contribution in [0, 0.1) is 0 Å². The van der Waals surface area contributed by atoms with Crippen molar-refractivity contribution < 1.29 is 4.74 Å². The monoisotopic (exact) mass is 238 g/mol. The van der Waals surface area contributed by atoms with E-state index in [4.69, 9.17) is 4.74 Å². The van der Waals surface area contributed by atoms with Crippen LogP contribution in [-0.4, -0.2) is 33.7 Å². The average Bonchev–Trinajstić information content (AvgIpc) is 2.82. The van der Waals surface area contributed by atoms with Gasteiger partial charge in [0, 0.05) is 19.2 Å². The van der Waals surface area contributed by atoms with Crippen LogP contribution in [0.3, 0.4) is 0 Å². The first-order valence-corrected chi connectivity index (χ1v) is 6.23. The quantitative estimate of drug-likeness (QED) is 0.862. The van der Waals surface area contributed by atoms with Crippen LogP contribution in [0.5, 0.6) is 0 Å². The fourth-order valence-corrected chi connectivity index (χ4v) is 1.94. The molecule has 0 spiro atoms. The van der Waals surface area contributed by atoms with E-state index in [1.807, 2.05) is 10.9 Å². The van der Waals surface area contributed by atoms with Crippen molar-refractivity contribution in [1.29, 1.82) is 0 Å². The SMILES string of the molecule is CC1OCCC1NCc1cn(C(C)(C)C)nn1. The van der Waals surface area contributed by atoms with Crippen LogP contribution < -0.4 is 5.32 Å². The van der Waals surface area contributed by atoms with Gasteiger partial charge in [0.15, 0.2) is 0 Å². The summed E-state index contributed by atoms with van der Waals surface area (Å²) in [7, 11) is 0. The van der Waals surface area contributed by atoms with Gasteiger partial charge in [-0.3, -0.25) is 0 Å². The van der Waals surface area contributed by atoms with E-state index in [9.17, 15) is 0 Å². The molecule has 96 valence electrons. The van der Waals surface area contributed by atoms with E-state index in [0.29, 0.717) is 12.1 Å². The Bertz CT molecular complexity index is 369. The summed E-state index contributed by atoms with van der Waals surface area (Å²) in [5.74, 6) is 0. The van der Waals surface area contributed by atoms with E-state index < -0.39 is 0 Å². The first kappa shape index (κ1) is 12.5. The number of ether oxygens (including phenoxy) is 1. The Morgan fingerprint density at radius 3 is 2.82 bits per heavy atom. The van der Waals surface area contributed by atoms with Crippen LogP contribution in [-0.2, 0) is 16.8 Å². The van der Waals surface area contributed by atoms with Gasteiger partial charge < -0.3 is 10.1 Å². The van der Waals surface area contributed by atoms with Crippen molar-refractivity contribution in [2.24, 2.45) is 0 Å². The molecule has 0 radical (unpaired) electrons. The minimum Gasteiger partial charge on any atom is -0.377 e. The highest BCUT2D eigenvalue weighted by Gasteiger charge is 2.23.